The Labute approximate surface area is 217 Å². The summed E-state index contributed by atoms with van der Waals surface area (Å²) in [5.74, 6) is 1.69. The van der Waals surface area contributed by atoms with Crippen molar-refractivity contribution in [2.45, 2.75) is 26.8 Å². The van der Waals surface area contributed by atoms with Crippen LogP contribution in [0.15, 0.2) is 54.6 Å². The molecule has 0 atom stereocenters. The van der Waals surface area contributed by atoms with Crippen molar-refractivity contribution in [3.05, 3.63) is 65.9 Å². The molecule has 0 radical (unpaired) electrons. The van der Waals surface area contributed by atoms with Crippen LogP contribution in [0.3, 0.4) is 0 Å². The molecule has 0 bridgehead atoms. The van der Waals surface area contributed by atoms with Crippen molar-refractivity contribution in [1.82, 2.24) is 13.3 Å². The van der Waals surface area contributed by atoms with E-state index < -0.39 is 5.97 Å². The minimum Gasteiger partial charge on any atom is -0.494 e. The highest BCUT2D eigenvalue weighted by molar-refractivity contribution is 7.00. The smallest absolute Gasteiger partial charge is 0.355 e. The Balaban J connectivity index is 1.58. The lowest BCUT2D eigenvalue weighted by atomic mass is 10.0. The van der Waals surface area contributed by atoms with Crippen LogP contribution in [0.5, 0.6) is 17.2 Å². The first kappa shape index (κ1) is 23.3. The highest BCUT2D eigenvalue weighted by Crippen LogP contribution is 2.42. The molecule has 0 fully saturated rings. The Hall–Kier alpha value is -4.11. The number of aromatic nitrogens is 3. The maximum absolute atomic E-state index is 13.5. The minimum atomic E-state index is -0.390. The maximum atomic E-state index is 13.5. The summed E-state index contributed by atoms with van der Waals surface area (Å²) in [7, 11) is 0. The van der Waals surface area contributed by atoms with E-state index in [0.29, 0.717) is 30.3 Å². The van der Waals surface area contributed by atoms with Crippen LogP contribution in [0.1, 0.15) is 36.3 Å². The van der Waals surface area contributed by atoms with E-state index in [1.54, 1.807) is 0 Å². The highest BCUT2D eigenvalue weighted by Gasteiger charge is 2.27. The van der Waals surface area contributed by atoms with Gasteiger partial charge < -0.3 is 23.5 Å². The topological polar surface area (TPSA) is 84.7 Å². The number of nitrogens with zero attached hydrogens (tertiary/aromatic N) is 3. The zero-order chi connectivity index (χ0) is 25.4. The van der Waals surface area contributed by atoms with Gasteiger partial charge in [-0.05, 0) is 66.9 Å². The summed E-state index contributed by atoms with van der Waals surface area (Å²) in [4.78, 5) is 13.5. The maximum Gasteiger partial charge on any atom is 0.355 e. The summed E-state index contributed by atoms with van der Waals surface area (Å²) in [6.45, 7) is 5.39. The Morgan fingerprint density at radius 3 is 2.73 bits per heavy atom. The largest absolute Gasteiger partial charge is 0.494 e. The molecule has 0 saturated heterocycles. The summed E-state index contributed by atoms with van der Waals surface area (Å²) in [5.41, 5.74) is 5.67. The van der Waals surface area contributed by atoms with E-state index in [-0.39, 0.29) is 13.4 Å². The zero-order valence-corrected chi connectivity index (χ0v) is 21.3. The molecule has 9 heteroatoms. The molecule has 3 heterocycles. The summed E-state index contributed by atoms with van der Waals surface area (Å²) in [5, 5.41) is 0.895. The van der Waals surface area contributed by atoms with E-state index >= 15 is 0 Å². The van der Waals surface area contributed by atoms with Gasteiger partial charge in [0.1, 0.15) is 22.5 Å². The van der Waals surface area contributed by atoms with Gasteiger partial charge in [-0.1, -0.05) is 19.1 Å². The molecule has 37 heavy (non-hydrogen) atoms. The van der Waals surface area contributed by atoms with Crippen LogP contribution in [-0.4, -0.2) is 39.3 Å². The lowest BCUT2D eigenvalue weighted by Crippen LogP contribution is -2.14. The third kappa shape index (κ3) is 4.25. The molecular weight excluding hydrogens is 490 g/mol. The third-order valence-electron chi connectivity index (χ3n) is 6.30. The van der Waals surface area contributed by atoms with Crippen molar-refractivity contribution < 1.29 is 23.7 Å². The summed E-state index contributed by atoms with van der Waals surface area (Å²) >= 11 is 1.19. The van der Waals surface area contributed by atoms with Gasteiger partial charge in [-0.3, -0.25) is 0 Å². The second kappa shape index (κ2) is 9.74. The van der Waals surface area contributed by atoms with Gasteiger partial charge in [0.2, 0.25) is 6.79 Å². The average Bonchev–Trinajstić information content (AvgIpc) is 3.64. The van der Waals surface area contributed by atoms with Crippen molar-refractivity contribution in [2.75, 3.05) is 20.0 Å². The quantitative estimate of drug-likeness (QED) is 0.232. The van der Waals surface area contributed by atoms with E-state index in [9.17, 15) is 4.79 Å². The molecule has 0 N–H and O–H groups in total. The van der Waals surface area contributed by atoms with Gasteiger partial charge >= 0.3 is 5.97 Å². The van der Waals surface area contributed by atoms with Gasteiger partial charge in [0.25, 0.3) is 0 Å². The SMILES string of the molecule is CCCOc1ccc2c(c1)c(-c1ccc3c(c1)OCO3)c(C(=O)OCC)n2Cc1ccc2nsnc2c1. The van der Waals surface area contributed by atoms with Crippen molar-refractivity contribution >= 4 is 39.6 Å². The molecular formula is C28H25N3O5S. The third-order valence-corrected chi connectivity index (χ3v) is 6.85. The fourth-order valence-electron chi connectivity index (χ4n) is 4.67. The number of fused-ring (bicyclic) bond motifs is 3. The van der Waals surface area contributed by atoms with E-state index in [0.717, 1.165) is 50.8 Å². The Bertz CT molecular complexity index is 1620. The molecule has 8 nitrogen and oxygen atoms in total. The number of hydrogen-bond acceptors (Lipinski definition) is 8. The fraction of sp³-hybridized carbons (Fsp3) is 0.250. The van der Waals surface area contributed by atoms with Gasteiger partial charge in [0, 0.05) is 23.0 Å². The molecule has 2 aromatic heterocycles. The highest BCUT2D eigenvalue weighted by atomic mass is 32.1. The Kier molecular flexibility index (Phi) is 6.13. The Morgan fingerprint density at radius 1 is 1.00 bits per heavy atom. The second-order valence-electron chi connectivity index (χ2n) is 8.71. The first-order valence-corrected chi connectivity index (χ1v) is 13.0. The van der Waals surface area contributed by atoms with Crippen molar-refractivity contribution in [2.24, 2.45) is 0 Å². The number of ether oxygens (including phenoxy) is 4. The van der Waals surface area contributed by atoms with Crippen LogP contribution in [0.2, 0.25) is 0 Å². The first-order valence-electron chi connectivity index (χ1n) is 12.2. The van der Waals surface area contributed by atoms with Gasteiger partial charge in [-0.15, -0.1) is 0 Å². The predicted octanol–water partition coefficient (Wildman–Crippen LogP) is 6.06. The van der Waals surface area contributed by atoms with E-state index in [1.165, 1.54) is 11.7 Å². The van der Waals surface area contributed by atoms with Gasteiger partial charge in [0.15, 0.2) is 11.5 Å². The average molecular weight is 516 g/mol. The summed E-state index contributed by atoms with van der Waals surface area (Å²) in [6, 6.07) is 17.7. The number of benzene rings is 3. The van der Waals surface area contributed by atoms with Crippen molar-refractivity contribution in [3.8, 4) is 28.4 Å². The number of hydrogen-bond donors (Lipinski definition) is 0. The van der Waals surface area contributed by atoms with E-state index in [2.05, 4.69) is 15.7 Å². The van der Waals surface area contributed by atoms with Crippen molar-refractivity contribution in [1.29, 1.82) is 0 Å². The van der Waals surface area contributed by atoms with Crippen LogP contribution in [0, 0.1) is 0 Å². The molecule has 188 valence electrons. The van der Waals surface area contributed by atoms with Crippen LogP contribution in [-0.2, 0) is 11.3 Å². The molecule has 0 spiro atoms. The first-order chi connectivity index (χ1) is 18.2. The van der Waals surface area contributed by atoms with Gasteiger partial charge in [0.05, 0.1) is 24.9 Å². The monoisotopic (exact) mass is 515 g/mol. The Morgan fingerprint density at radius 2 is 1.86 bits per heavy atom. The zero-order valence-electron chi connectivity index (χ0n) is 20.5. The molecule has 3 aromatic carbocycles. The van der Waals surface area contributed by atoms with E-state index in [1.807, 2.05) is 66.1 Å². The molecule has 0 aliphatic carbocycles. The lowest BCUT2D eigenvalue weighted by molar-refractivity contribution is 0.0516. The number of esters is 1. The van der Waals surface area contributed by atoms with Crippen molar-refractivity contribution in [3.63, 3.8) is 0 Å². The molecule has 0 saturated carbocycles. The number of carbonyl (C=O) groups excluding carboxylic acids is 1. The molecule has 0 amide bonds. The summed E-state index contributed by atoms with van der Waals surface area (Å²) < 4.78 is 33.4. The lowest BCUT2D eigenvalue weighted by Gasteiger charge is -2.12. The fourth-order valence-corrected chi connectivity index (χ4v) is 5.19. The number of carbonyl (C=O) groups is 1. The predicted molar refractivity (Wildman–Crippen MR) is 142 cm³/mol. The molecule has 1 aliphatic rings. The van der Waals surface area contributed by atoms with Crippen LogP contribution >= 0.6 is 11.7 Å². The molecule has 0 unspecified atom stereocenters. The number of rotatable bonds is 8. The standard InChI is InChI=1S/C28H25N3O5S/c1-3-11-34-19-7-9-23-20(14-19)26(18-6-10-24-25(13-18)36-16-35-24)27(28(32)33-4-2)31(23)15-17-5-8-21-22(12-17)30-37-29-21/h5-10,12-14H,3-4,11,15-16H2,1-2H3. The van der Waals surface area contributed by atoms with Crippen LogP contribution in [0.4, 0.5) is 0 Å². The molecule has 6 rings (SSSR count). The van der Waals surface area contributed by atoms with Gasteiger partial charge in [-0.2, -0.15) is 8.75 Å². The van der Waals surface area contributed by atoms with E-state index in [4.69, 9.17) is 18.9 Å². The second-order valence-corrected chi connectivity index (χ2v) is 9.24. The molecule has 5 aromatic rings. The minimum absolute atomic E-state index is 0.175. The summed E-state index contributed by atoms with van der Waals surface area (Å²) in [6.07, 6.45) is 0.899. The van der Waals surface area contributed by atoms with Crippen LogP contribution in [0.25, 0.3) is 33.1 Å². The normalized spacial score (nSPS) is 12.4. The molecule has 1 aliphatic heterocycles. The van der Waals surface area contributed by atoms with Gasteiger partial charge in [-0.25, -0.2) is 4.79 Å². The van der Waals surface area contributed by atoms with Crippen LogP contribution < -0.4 is 14.2 Å².